The molecule has 0 bridgehead atoms. The molecule has 29 heavy (non-hydrogen) atoms. The topological polar surface area (TPSA) is 67.2 Å². The van der Waals surface area contributed by atoms with Crippen LogP contribution in [-0.4, -0.2) is 33.9 Å². The van der Waals surface area contributed by atoms with Crippen LogP contribution in [0.5, 0.6) is 0 Å². The van der Waals surface area contributed by atoms with Gasteiger partial charge in [0.1, 0.15) is 5.82 Å². The van der Waals surface area contributed by atoms with Crippen LogP contribution >= 0.6 is 23.4 Å². The van der Waals surface area contributed by atoms with Gasteiger partial charge in [-0.2, -0.15) is 5.10 Å². The highest BCUT2D eigenvalue weighted by Gasteiger charge is 2.24. The number of fused-ring (bicyclic) bond motifs is 1. The van der Waals surface area contributed by atoms with Crippen LogP contribution in [0.4, 0.5) is 11.5 Å². The van der Waals surface area contributed by atoms with Crippen LogP contribution in [0.3, 0.4) is 0 Å². The van der Waals surface area contributed by atoms with Gasteiger partial charge in [-0.05, 0) is 29.8 Å². The summed E-state index contributed by atoms with van der Waals surface area (Å²) >= 11 is 7.46. The molecular weight excluding hydrogens is 408 g/mol. The molecule has 1 aliphatic rings. The first-order valence-corrected chi connectivity index (χ1v) is 10.5. The van der Waals surface area contributed by atoms with E-state index in [1.165, 1.54) is 11.8 Å². The summed E-state index contributed by atoms with van der Waals surface area (Å²) in [5, 5.41) is 7.85. The lowest BCUT2D eigenvalue weighted by Crippen LogP contribution is -2.37. The molecule has 1 aromatic heterocycles. The molecule has 2 heterocycles. The van der Waals surface area contributed by atoms with Crippen LogP contribution in [0.2, 0.25) is 5.02 Å². The molecule has 0 spiro atoms. The van der Waals surface area contributed by atoms with Crippen molar-refractivity contribution in [2.45, 2.75) is 17.9 Å². The third-order valence-corrected chi connectivity index (χ3v) is 5.90. The minimum absolute atomic E-state index is 0.0225. The Kier molecular flexibility index (Phi) is 5.87. The number of halogens is 1. The highest BCUT2D eigenvalue weighted by Crippen LogP contribution is 2.34. The normalized spacial score (nSPS) is 13.3. The van der Waals surface area contributed by atoms with Gasteiger partial charge in [0.25, 0.3) is 0 Å². The van der Waals surface area contributed by atoms with Gasteiger partial charge in [0, 0.05) is 29.0 Å². The minimum Gasteiger partial charge on any atom is -0.311 e. The van der Waals surface area contributed by atoms with E-state index in [1.807, 2.05) is 48.5 Å². The Bertz CT molecular complexity index is 1040. The SMILES string of the molecule is O=C(CCN1C(=O)CSc2ccccc21)Nc1ccnn1Cc1ccc(Cl)cc1. The molecule has 0 fully saturated rings. The quantitative estimate of drug-likeness (QED) is 0.645. The number of nitrogens with one attached hydrogen (secondary N) is 1. The van der Waals surface area contributed by atoms with Crippen LogP contribution < -0.4 is 10.2 Å². The average molecular weight is 427 g/mol. The van der Waals surface area contributed by atoms with Gasteiger partial charge >= 0.3 is 0 Å². The van der Waals surface area contributed by atoms with Gasteiger partial charge in [-0.15, -0.1) is 11.8 Å². The number of rotatable bonds is 6. The predicted molar refractivity (Wildman–Crippen MR) is 116 cm³/mol. The molecule has 1 aliphatic heterocycles. The zero-order valence-electron chi connectivity index (χ0n) is 15.5. The Labute approximate surface area is 177 Å². The van der Waals surface area contributed by atoms with E-state index in [-0.39, 0.29) is 18.2 Å². The molecule has 6 nitrogen and oxygen atoms in total. The molecule has 0 radical (unpaired) electrons. The number of aromatic nitrogens is 2. The summed E-state index contributed by atoms with van der Waals surface area (Å²) in [6.45, 7) is 0.864. The van der Waals surface area contributed by atoms with Crippen molar-refractivity contribution < 1.29 is 9.59 Å². The van der Waals surface area contributed by atoms with Crippen molar-refractivity contribution in [1.82, 2.24) is 9.78 Å². The van der Waals surface area contributed by atoms with E-state index in [0.717, 1.165) is 16.1 Å². The Morgan fingerprint density at radius 1 is 1.14 bits per heavy atom. The molecule has 4 rings (SSSR count). The number of hydrogen-bond donors (Lipinski definition) is 1. The minimum atomic E-state index is -0.161. The Hall–Kier alpha value is -2.77. The Morgan fingerprint density at radius 3 is 2.76 bits per heavy atom. The fourth-order valence-electron chi connectivity index (χ4n) is 3.15. The lowest BCUT2D eigenvalue weighted by Gasteiger charge is -2.28. The van der Waals surface area contributed by atoms with Gasteiger partial charge < -0.3 is 10.2 Å². The summed E-state index contributed by atoms with van der Waals surface area (Å²) in [5.74, 6) is 0.874. The highest BCUT2D eigenvalue weighted by molar-refractivity contribution is 8.00. The first-order valence-electron chi connectivity index (χ1n) is 9.18. The Balaban J connectivity index is 1.38. The summed E-state index contributed by atoms with van der Waals surface area (Å²) in [5.41, 5.74) is 1.90. The van der Waals surface area contributed by atoms with E-state index in [1.54, 1.807) is 21.8 Å². The van der Waals surface area contributed by atoms with Crippen molar-refractivity contribution >= 4 is 46.7 Å². The van der Waals surface area contributed by atoms with Crippen molar-refractivity contribution in [3.05, 3.63) is 71.4 Å². The third kappa shape index (κ3) is 4.63. The largest absolute Gasteiger partial charge is 0.311 e. The summed E-state index contributed by atoms with van der Waals surface area (Å²) in [6, 6.07) is 17.0. The molecule has 0 atom stereocenters. The number of thioether (sulfide) groups is 1. The fraction of sp³-hybridized carbons (Fsp3) is 0.190. The maximum Gasteiger partial charge on any atom is 0.237 e. The summed E-state index contributed by atoms with van der Waals surface area (Å²) in [6.07, 6.45) is 1.85. The number of anilines is 2. The maximum absolute atomic E-state index is 12.5. The van der Waals surface area contributed by atoms with Gasteiger partial charge in [0.05, 0.1) is 24.2 Å². The van der Waals surface area contributed by atoms with Crippen molar-refractivity contribution in [2.24, 2.45) is 0 Å². The smallest absolute Gasteiger partial charge is 0.237 e. The molecule has 0 saturated heterocycles. The molecule has 0 aliphatic carbocycles. The third-order valence-electron chi connectivity index (χ3n) is 4.60. The van der Waals surface area contributed by atoms with Crippen LogP contribution in [-0.2, 0) is 16.1 Å². The van der Waals surface area contributed by atoms with Crippen LogP contribution in [0, 0.1) is 0 Å². The second-order valence-corrected chi connectivity index (χ2v) is 8.05. The number of hydrogen-bond acceptors (Lipinski definition) is 4. The summed E-state index contributed by atoms with van der Waals surface area (Å²) in [4.78, 5) is 27.6. The van der Waals surface area contributed by atoms with Crippen LogP contribution in [0.25, 0.3) is 0 Å². The van der Waals surface area contributed by atoms with Gasteiger partial charge in [0.2, 0.25) is 11.8 Å². The summed E-state index contributed by atoms with van der Waals surface area (Å²) < 4.78 is 1.72. The first-order chi connectivity index (χ1) is 14.1. The molecule has 2 aromatic carbocycles. The molecule has 3 aromatic rings. The van der Waals surface area contributed by atoms with E-state index < -0.39 is 0 Å². The van der Waals surface area contributed by atoms with E-state index in [0.29, 0.717) is 29.7 Å². The van der Waals surface area contributed by atoms with Crippen LogP contribution in [0.15, 0.2) is 65.7 Å². The molecule has 2 amide bonds. The van der Waals surface area contributed by atoms with E-state index in [2.05, 4.69) is 10.4 Å². The van der Waals surface area contributed by atoms with Crippen molar-refractivity contribution in [2.75, 3.05) is 22.5 Å². The monoisotopic (exact) mass is 426 g/mol. The number of para-hydroxylation sites is 1. The van der Waals surface area contributed by atoms with Gasteiger partial charge in [-0.1, -0.05) is 35.9 Å². The van der Waals surface area contributed by atoms with E-state index in [9.17, 15) is 9.59 Å². The Morgan fingerprint density at radius 2 is 1.93 bits per heavy atom. The van der Waals surface area contributed by atoms with Gasteiger partial charge in [-0.25, -0.2) is 4.68 Å². The van der Waals surface area contributed by atoms with Gasteiger partial charge in [0.15, 0.2) is 0 Å². The summed E-state index contributed by atoms with van der Waals surface area (Å²) in [7, 11) is 0. The van der Waals surface area contributed by atoms with E-state index in [4.69, 9.17) is 11.6 Å². The highest BCUT2D eigenvalue weighted by atomic mass is 35.5. The number of amides is 2. The second-order valence-electron chi connectivity index (χ2n) is 6.60. The molecule has 148 valence electrons. The zero-order valence-corrected chi connectivity index (χ0v) is 17.1. The second kappa shape index (κ2) is 8.71. The molecule has 1 N–H and O–H groups in total. The number of carbonyl (C=O) groups excluding carboxylic acids is 2. The van der Waals surface area contributed by atoms with Crippen molar-refractivity contribution in [3.63, 3.8) is 0 Å². The molecule has 0 unspecified atom stereocenters. The van der Waals surface area contributed by atoms with Crippen LogP contribution in [0.1, 0.15) is 12.0 Å². The standard InChI is InChI=1S/C21H19ClN4O2S/c22-16-7-5-15(6-8-16)13-26-19(9-11-23-26)24-20(27)10-12-25-17-3-1-2-4-18(17)29-14-21(25)28/h1-9,11H,10,12-14H2,(H,24,27). The van der Waals surface area contributed by atoms with Crippen molar-refractivity contribution in [1.29, 1.82) is 0 Å². The van der Waals surface area contributed by atoms with E-state index >= 15 is 0 Å². The zero-order chi connectivity index (χ0) is 20.2. The fourth-order valence-corrected chi connectivity index (χ4v) is 4.21. The lowest BCUT2D eigenvalue weighted by molar-refractivity contribution is -0.117. The lowest BCUT2D eigenvalue weighted by atomic mass is 10.2. The maximum atomic E-state index is 12.5. The number of carbonyl (C=O) groups is 2. The number of nitrogens with zero attached hydrogens (tertiary/aromatic N) is 3. The number of benzene rings is 2. The first kappa shape index (κ1) is 19.5. The van der Waals surface area contributed by atoms with Crippen molar-refractivity contribution in [3.8, 4) is 0 Å². The molecule has 8 heteroatoms. The van der Waals surface area contributed by atoms with Gasteiger partial charge in [-0.3, -0.25) is 9.59 Å². The predicted octanol–water partition coefficient (Wildman–Crippen LogP) is 4.05. The average Bonchev–Trinajstić information content (AvgIpc) is 3.15. The molecule has 0 saturated carbocycles. The molecular formula is C21H19ClN4O2S.